The summed E-state index contributed by atoms with van der Waals surface area (Å²) >= 11 is 6.81. The van der Waals surface area contributed by atoms with Crippen LogP contribution < -0.4 is 11.1 Å². The lowest BCUT2D eigenvalue weighted by Crippen LogP contribution is -2.26. The van der Waals surface area contributed by atoms with Crippen molar-refractivity contribution in [3.05, 3.63) is 40.3 Å². The Bertz CT molecular complexity index is 1030. The van der Waals surface area contributed by atoms with Crippen LogP contribution in [0.2, 0.25) is 5.02 Å². The number of aliphatic hydroxyl groups is 1. The quantitative estimate of drug-likeness (QED) is 0.642. The first-order valence-electron chi connectivity index (χ1n) is 9.64. The maximum Gasteiger partial charge on any atom is 0.258 e. The van der Waals surface area contributed by atoms with E-state index in [-0.39, 0.29) is 22.9 Å². The first kappa shape index (κ1) is 20.8. The van der Waals surface area contributed by atoms with E-state index in [9.17, 15) is 9.90 Å². The fourth-order valence-corrected chi connectivity index (χ4v) is 5.04. The van der Waals surface area contributed by atoms with Crippen LogP contribution in [-0.2, 0) is 10.2 Å². The molecule has 0 radical (unpaired) electrons. The lowest BCUT2D eigenvalue weighted by Gasteiger charge is -2.25. The van der Waals surface area contributed by atoms with Crippen LogP contribution >= 0.6 is 11.6 Å². The Kier molecular flexibility index (Phi) is 5.12. The minimum atomic E-state index is -0.737. The van der Waals surface area contributed by atoms with Gasteiger partial charge < -0.3 is 25.8 Å². The largest absolute Gasteiger partial charge is 0.398 e. The number of halogens is 2. The first-order valence-corrected chi connectivity index (χ1v) is 10.0. The molecule has 2 aromatic rings. The van der Waals surface area contributed by atoms with Crippen LogP contribution in [0, 0.1) is 5.82 Å². The van der Waals surface area contributed by atoms with Crippen LogP contribution in [-0.4, -0.2) is 60.9 Å². The molecule has 9 heteroatoms. The normalized spacial score (nSPS) is 24.7. The van der Waals surface area contributed by atoms with Crippen molar-refractivity contribution in [1.82, 2.24) is 9.88 Å². The van der Waals surface area contributed by atoms with E-state index in [4.69, 9.17) is 22.1 Å². The lowest BCUT2D eigenvalue weighted by atomic mass is 9.80. The Morgan fingerprint density at radius 1 is 1.40 bits per heavy atom. The zero-order valence-corrected chi connectivity index (χ0v) is 17.8. The summed E-state index contributed by atoms with van der Waals surface area (Å²) in [6.07, 6.45) is 1.59. The van der Waals surface area contributed by atoms with Crippen molar-refractivity contribution >= 4 is 29.0 Å². The molecule has 0 bridgehead atoms. The predicted molar refractivity (Wildman–Crippen MR) is 113 cm³/mol. The van der Waals surface area contributed by atoms with E-state index >= 15 is 4.39 Å². The number of carbonyl (C=O) groups excluding carboxylic acids is 1. The Labute approximate surface area is 179 Å². The van der Waals surface area contributed by atoms with Gasteiger partial charge in [-0.2, -0.15) is 0 Å². The zero-order chi connectivity index (χ0) is 21.8. The standard InChI is InChI=1S/C21H24ClFN4O3/c1-27(2)20(29)15-12(24)5-4-10(18(15)23)11-8-25-19-16(17(11)22)21(9-26-19)6-13(28)14(7-21)30-3/h4-5,8,13-14,28H,6-7,9,24H2,1-3H3,(H,25,26)/t13-,14-,21-/m1/s1. The van der Waals surface area contributed by atoms with Crippen molar-refractivity contribution in [2.45, 2.75) is 30.5 Å². The van der Waals surface area contributed by atoms with Gasteiger partial charge in [-0.05, 0) is 25.0 Å². The first-order chi connectivity index (χ1) is 14.2. The van der Waals surface area contributed by atoms with Crippen LogP contribution in [0.5, 0.6) is 0 Å². The van der Waals surface area contributed by atoms with Gasteiger partial charge in [0.05, 0.1) is 22.8 Å². The molecule has 1 aliphatic heterocycles. The maximum atomic E-state index is 15.4. The Balaban J connectivity index is 1.86. The molecule has 0 saturated heterocycles. The van der Waals surface area contributed by atoms with Gasteiger partial charge in [0.1, 0.15) is 11.6 Å². The molecule has 160 valence electrons. The summed E-state index contributed by atoms with van der Waals surface area (Å²) in [6, 6.07) is 3.00. The highest BCUT2D eigenvalue weighted by molar-refractivity contribution is 6.34. The Morgan fingerprint density at radius 2 is 2.13 bits per heavy atom. The smallest absolute Gasteiger partial charge is 0.258 e. The third-order valence-electron chi connectivity index (χ3n) is 6.15. The highest BCUT2D eigenvalue weighted by atomic mass is 35.5. The summed E-state index contributed by atoms with van der Waals surface area (Å²) in [5.41, 5.74) is 6.56. The minimum absolute atomic E-state index is 0.0557. The molecule has 3 atom stereocenters. The second kappa shape index (κ2) is 7.37. The number of aliphatic hydroxyl groups excluding tert-OH is 1. The number of amides is 1. The number of nitrogen functional groups attached to an aromatic ring is 1. The number of methoxy groups -OCH3 is 1. The molecule has 1 fully saturated rings. The molecule has 1 aliphatic carbocycles. The fourth-order valence-electron chi connectivity index (χ4n) is 4.60. The van der Waals surface area contributed by atoms with Crippen molar-refractivity contribution in [2.75, 3.05) is 38.8 Å². The van der Waals surface area contributed by atoms with E-state index in [0.717, 1.165) is 5.56 Å². The van der Waals surface area contributed by atoms with E-state index < -0.39 is 23.2 Å². The van der Waals surface area contributed by atoms with Crippen LogP contribution in [0.15, 0.2) is 18.3 Å². The SMILES string of the molecule is CO[C@@H]1C[C@@]2(CNc3ncc(-c4ccc(N)c(C(=O)N(C)C)c4F)c(Cl)c32)C[C@H]1O. The number of fused-ring (bicyclic) bond motifs is 2. The summed E-state index contributed by atoms with van der Waals surface area (Å²) in [6.45, 7) is 0.560. The van der Waals surface area contributed by atoms with E-state index in [1.807, 2.05) is 0 Å². The van der Waals surface area contributed by atoms with Gasteiger partial charge in [-0.3, -0.25) is 4.79 Å². The molecule has 1 saturated carbocycles. The summed E-state index contributed by atoms with van der Waals surface area (Å²) in [7, 11) is 4.63. The van der Waals surface area contributed by atoms with Gasteiger partial charge in [0.15, 0.2) is 0 Å². The predicted octanol–water partition coefficient (Wildman–Crippen LogP) is 2.66. The number of ether oxygens (including phenoxy) is 1. The van der Waals surface area contributed by atoms with Crippen molar-refractivity contribution in [3.63, 3.8) is 0 Å². The molecule has 2 aliphatic rings. The number of pyridine rings is 1. The number of aromatic nitrogens is 1. The molecular weight excluding hydrogens is 411 g/mol. The number of carbonyl (C=O) groups is 1. The van der Waals surface area contributed by atoms with E-state index in [1.54, 1.807) is 7.11 Å². The second-order valence-corrected chi connectivity index (χ2v) is 8.56. The molecule has 7 nitrogen and oxygen atoms in total. The van der Waals surface area contributed by atoms with Crippen molar-refractivity contribution < 1.29 is 19.0 Å². The number of hydrogen-bond donors (Lipinski definition) is 3. The number of nitrogens with two attached hydrogens (primary N) is 1. The maximum absolute atomic E-state index is 15.4. The van der Waals surface area contributed by atoms with E-state index in [0.29, 0.717) is 35.8 Å². The van der Waals surface area contributed by atoms with Gasteiger partial charge in [-0.1, -0.05) is 11.6 Å². The number of benzene rings is 1. The summed E-state index contributed by atoms with van der Waals surface area (Å²) in [4.78, 5) is 18.2. The number of anilines is 2. The van der Waals surface area contributed by atoms with Crippen LogP contribution in [0.4, 0.5) is 15.9 Å². The second-order valence-electron chi connectivity index (χ2n) is 8.18. The van der Waals surface area contributed by atoms with Crippen LogP contribution in [0.3, 0.4) is 0 Å². The molecular formula is C21H24ClFN4O3. The molecule has 2 heterocycles. The summed E-state index contributed by atoms with van der Waals surface area (Å²) < 4.78 is 20.8. The number of hydrogen-bond acceptors (Lipinski definition) is 6. The van der Waals surface area contributed by atoms with Crippen molar-refractivity contribution in [2.24, 2.45) is 0 Å². The molecule has 0 unspecified atom stereocenters. The van der Waals surface area contributed by atoms with Crippen LogP contribution in [0.1, 0.15) is 28.8 Å². The van der Waals surface area contributed by atoms with Gasteiger partial charge >= 0.3 is 0 Å². The number of rotatable bonds is 3. The molecule has 1 aromatic carbocycles. The number of nitrogens with zero attached hydrogens (tertiary/aromatic N) is 2. The number of nitrogens with one attached hydrogen (secondary N) is 1. The summed E-state index contributed by atoms with van der Waals surface area (Å²) in [5.74, 6) is -0.649. The fraction of sp³-hybridized carbons (Fsp3) is 0.429. The highest BCUT2D eigenvalue weighted by Gasteiger charge is 2.51. The van der Waals surface area contributed by atoms with Gasteiger partial charge in [0, 0.05) is 61.7 Å². The molecule has 1 amide bonds. The molecule has 1 spiro atoms. The van der Waals surface area contributed by atoms with Crippen molar-refractivity contribution in [1.29, 1.82) is 0 Å². The van der Waals surface area contributed by atoms with Crippen LogP contribution in [0.25, 0.3) is 11.1 Å². The van der Waals surface area contributed by atoms with Gasteiger partial charge in [-0.15, -0.1) is 0 Å². The van der Waals surface area contributed by atoms with Gasteiger partial charge in [0.2, 0.25) is 0 Å². The van der Waals surface area contributed by atoms with Gasteiger partial charge in [0.25, 0.3) is 5.91 Å². The monoisotopic (exact) mass is 434 g/mol. The topological polar surface area (TPSA) is 101 Å². The Hall–Kier alpha value is -2.42. The van der Waals surface area contributed by atoms with E-state index in [1.165, 1.54) is 37.3 Å². The third-order valence-corrected chi connectivity index (χ3v) is 6.54. The average molecular weight is 435 g/mol. The highest BCUT2D eigenvalue weighted by Crippen LogP contribution is 2.52. The third kappa shape index (κ3) is 3.02. The zero-order valence-electron chi connectivity index (χ0n) is 17.0. The van der Waals surface area contributed by atoms with Crippen molar-refractivity contribution in [3.8, 4) is 11.1 Å². The molecule has 1 aromatic heterocycles. The molecule has 4 rings (SSSR count). The molecule has 30 heavy (non-hydrogen) atoms. The average Bonchev–Trinajstić information content (AvgIpc) is 3.22. The minimum Gasteiger partial charge on any atom is -0.398 e. The lowest BCUT2D eigenvalue weighted by molar-refractivity contribution is 0.00973. The Morgan fingerprint density at radius 3 is 2.77 bits per heavy atom. The summed E-state index contributed by atoms with van der Waals surface area (Å²) in [5, 5.41) is 14.0. The van der Waals surface area contributed by atoms with E-state index in [2.05, 4.69) is 10.3 Å². The van der Waals surface area contributed by atoms with Gasteiger partial charge in [-0.25, -0.2) is 9.37 Å². The molecule has 4 N–H and O–H groups in total.